The molecule has 0 saturated carbocycles. The van der Waals surface area contributed by atoms with Crippen LogP contribution in [-0.4, -0.2) is 97.3 Å². The van der Waals surface area contributed by atoms with Crippen molar-refractivity contribution in [3.8, 4) is 0 Å². The molecule has 41 heavy (non-hydrogen) atoms. The van der Waals surface area contributed by atoms with Crippen molar-refractivity contribution in [3.63, 3.8) is 0 Å². The molecular weight excluding hydrogens is 512 g/mol. The predicted octanol–water partition coefficient (Wildman–Crippen LogP) is 4.14. The monoisotopic (exact) mass is 558 g/mol. The number of amides is 1. The molecule has 9 nitrogen and oxygen atoms in total. The van der Waals surface area contributed by atoms with Crippen molar-refractivity contribution in [2.24, 2.45) is 5.41 Å². The fraction of sp³-hybridized carbons (Fsp3) is 0.594. The number of likely N-dealkylation sites (tertiary alicyclic amines) is 3. The summed E-state index contributed by atoms with van der Waals surface area (Å²) in [6.07, 6.45) is 15.0. The van der Waals surface area contributed by atoms with E-state index in [1.54, 1.807) is 29.7 Å². The van der Waals surface area contributed by atoms with E-state index in [1.165, 1.54) is 89.9 Å². The lowest BCUT2D eigenvalue weighted by Gasteiger charge is -2.45. The molecule has 3 aromatic rings. The number of H-pyrrole nitrogens is 2. The van der Waals surface area contributed by atoms with Crippen LogP contribution in [0.3, 0.4) is 0 Å². The number of rotatable bonds is 10. The average molecular weight is 559 g/mol. The molecule has 2 N–H and O–H groups in total. The van der Waals surface area contributed by atoms with Crippen LogP contribution in [0.4, 0.5) is 0 Å². The van der Waals surface area contributed by atoms with E-state index in [0.29, 0.717) is 24.1 Å². The largest absolute Gasteiger partial charge is 0.347 e. The van der Waals surface area contributed by atoms with Gasteiger partial charge in [-0.2, -0.15) is 0 Å². The third-order valence-corrected chi connectivity index (χ3v) is 9.67. The van der Waals surface area contributed by atoms with Crippen LogP contribution in [0.15, 0.2) is 49.1 Å². The Morgan fingerprint density at radius 2 is 1.54 bits per heavy atom. The van der Waals surface area contributed by atoms with Gasteiger partial charge in [-0.3, -0.25) is 9.69 Å². The number of nitrogens with one attached hydrogen (secondary N) is 2. The van der Waals surface area contributed by atoms with Gasteiger partial charge in [0, 0.05) is 49.5 Å². The highest BCUT2D eigenvalue weighted by Gasteiger charge is 2.41. The van der Waals surface area contributed by atoms with E-state index in [2.05, 4.69) is 53.7 Å². The Labute approximate surface area is 244 Å². The van der Waals surface area contributed by atoms with Gasteiger partial charge in [0.1, 0.15) is 11.6 Å². The summed E-state index contributed by atoms with van der Waals surface area (Å²) in [6.45, 7) is 12.8. The Hall–Kier alpha value is -3.01. The Morgan fingerprint density at radius 3 is 2.12 bits per heavy atom. The third kappa shape index (κ3) is 6.90. The van der Waals surface area contributed by atoms with Crippen LogP contribution < -0.4 is 0 Å². The molecule has 6 rings (SSSR count). The minimum Gasteiger partial charge on any atom is -0.347 e. The number of aromatic amines is 2. The Kier molecular flexibility index (Phi) is 8.84. The van der Waals surface area contributed by atoms with Gasteiger partial charge in [-0.05, 0) is 101 Å². The Balaban J connectivity index is 1.00. The predicted molar refractivity (Wildman–Crippen MR) is 160 cm³/mol. The van der Waals surface area contributed by atoms with Gasteiger partial charge in [-0.25, -0.2) is 9.97 Å². The van der Waals surface area contributed by atoms with Gasteiger partial charge in [0.05, 0.1) is 13.1 Å². The van der Waals surface area contributed by atoms with E-state index >= 15 is 0 Å². The highest BCUT2D eigenvalue weighted by atomic mass is 16.2. The standard InChI is InChI=1S/C32H46N8O/c1-2-16-37-17-7-28(8-18-37)39-20-10-32(11-21-39)9-19-38(25-32)22-26-3-5-27(6-4-26)31(41)40(23-29-33-12-13-34-29)24-30-35-14-15-36-30/h3-6,12-15,28H,2,7-11,16-25H2,1H3,(H,33,34)(H,35,36). The van der Waals surface area contributed by atoms with Crippen LogP contribution in [0.25, 0.3) is 0 Å². The van der Waals surface area contributed by atoms with Gasteiger partial charge in [-0.1, -0.05) is 19.1 Å². The lowest BCUT2D eigenvalue weighted by molar-refractivity contribution is 0.0458. The molecule has 3 fully saturated rings. The first kappa shape index (κ1) is 28.1. The van der Waals surface area contributed by atoms with Crippen LogP contribution >= 0.6 is 0 Å². The molecule has 1 spiro atoms. The summed E-state index contributed by atoms with van der Waals surface area (Å²) in [7, 11) is 0. The van der Waals surface area contributed by atoms with Gasteiger partial charge in [-0.15, -0.1) is 0 Å². The zero-order chi connectivity index (χ0) is 28.1. The SMILES string of the molecule is CCCN1CCC(N2CCC3(CCN(Cc4ccc(C(=O)N(Cc5ncc[nH]5)Cc5ncc[nH]5)cc4)C3)CC2)CC1. The molecule has 1 aromatic carbocycles. The van der Waals surface area contributed by atoms with E-state index in [9.17, 15) is 4.79 Å². The highest BCUT2D eigenvalue weighted by Crippen LogP contribution is 2.41. The summed E-state index contributed by atoms with van der Waals surface area (Å²) < 4.78 is 0. The van der Waals surface area contributed by atoms with Crippen molar-refractivity contribution in [2.75, 3.05) is 45.8 Å². The first-order valence-corrected chi connectivity index (χ1v) is 15.6. The fourth-order valence-corrected chi connectivity index (χ4v) is 7.28. The highest BCUT2D eigenvalue weighted by molar-refractivity contribution is 5.94. The fourth-order valence-electron chi connectivity index (χ4n) is 7.28. The van der Waals surface area contributed by atoms with E-state index in [4.69, 9.17) is 0 Å². The second-order valence-corrected chi connectivity index (χ2v) is 12.5. The molecule has 3 aliphatic heterocycles. The summed E-state index contributed by atoms with van der Waals surface area (Å²) in [5.74, 6) is 1.49. The molecule has 0 unspecified atom stereocenters. The number of imidazole rings is 2. The number of benzene rings is 1. The van der Waals surface area contributed by atoms with E-state index in [-0.39, 0.29) is 5.91 Å². The molecule has 0 atom stereocenters. The number of hydrogen-bond acceptors (Lipinski definition) is 6. The third-order valence-electron chi connectivity index (χ3n) is 9.67. The van der Waals surface area contributed by atoms with E-state index in [0.717, 1.165) is 24.2 Å². The van der Waals surface area contributed by atoms with Crippen molar-refractivity contribution in [1.29, 1.82) is 0 Å². The van der Waals surface area contributed by atoms with Crippen molar-refractivity contribution in [3.05, 3.63) is 71.8 Å². The quantitative estimate of drug-likeness (QED) is 0.389. The van der Waals surface area contributed by atoms with Crippen molar-refractivity contribution >= 4 is 5.91 Å². The van der Waals surface area contributed by atoms with Gasteiger partial charge < -0.3 is 24.7 Å². The molecule has 0 aliphatic carbocycles. The van der Waals surface area contributed by atoms with Crippen LogP contribution in [0.5, 0.6) is 0 Å². The molecule has 0 radical (unpaired) electrons. The maximum Gasteiger partial charge on any atom is 0.254 e. The molecule has 9 heteroatoms. The van der Waals surface area contributed by atoms with Crippen molar-refractivity contribution < 1.29 is 4.79 Å². The van der Waals surface area contributed by atoms with Crippen LogP contribution in [0.2, 0.25) is 0 Å². The summed E-state index contributed by atoms with van der Waals surface area (Å²) in [6, 6.07) is 9.01. The Bertz CT molecular complexity index is 1170. The van der Waals surface area contributed by atoms with Crippen LogP contribution in [0.1, 0.15) is 73.0 Å². The van der Waals surface area contributed by atoms with Crippen molar-refractivity contribution in [1.82, 2.24) is 39.5 Å². The molecule has 5 heterocycles. The molecule has 3 aliphatic rings. The lowest BCUT2D eigenvalue weighted by atomic mass is 9.77. The molecule has 3 saturated heterocycles. The van der Waals surface area contributed by atoms with Crippen LogP contribution in [0, 0.1) is 5.41 Å². The van der Waals surface area contributed by atoms with Gasteiger partial charge in [0.2, 0.25) is 0 Å². The lowest BCUT2D eigenvalue weighted by Crippen LogP contribution is -2.50. The average Bonchev–Trinajstić information content (AvgIpc) is 3.78. The number of aromatic nitrogens is 4. The normalized spacial score (nSPS) is 20.6. The van der Waals surface area contributed by atoms with Gasteiger partial charge in [0.15, 0.2) is 0 Å². The number of hydrogen-bond donors (Lipinski definition) is 2. The molecule has 220 valence electrons. The molecular formula is C32H46N8O. The maximum atomic E-state index is 13.5. The summed E-state index contributed by atoms with van der Waals surface area (Å²) in [5, 5.41) is 0. The Morgan fingerprint density at radius 1 is 0.902 bits per heavy atom. The minimum absolute atomic E-state index is 0.0210. The molecule has 2 aromatic heterocycles. The van der Waals surface area contributed by atoms with Gasteiger partial charge in [0.25, 0.3) is 5.91 Å². The van der Waals surface area contributed by atoms with E-state index in [1.807, 2.05) is 12.1 Å². The van der Waals surface area contributed by atoms with Gasteiger partial charge >= 0.3 is 0 Å². The maximum absolute atomic E-state index is 13.5. The number of carbonyl (C=O) groups is 1. The van der Waals surface area contributed by atoms with Crippen molar-refractivity contribution in [2.45, 2.75) is 71.1 Å². The smallest absolute Gasteiger partial charge is 0.254 e. The molecule has 1 amide bonds. The van der Waals surface area contributed by atoms with E-state index < -0.39 is 0 Å². The molecule has 0 bridgehead atoms. The zero-order valence-electron chi connectivity index (χ0n) is 24.6. The van der Waals surface area contributed by atoms with Crippen LogP contribution in [-0.2, 0) is 19.6 Å². The number of nitrogens with zero attached hydrogens (tertiary/aromatic N) is 6. The minimum atomic E-state index is -0.0210. The first-order chi connectivity index (χ1) is 20.1. The number of piperidine rings is 2. The zero-order valence-corrected chi connectivity index (χ0v) is 24.6. The topological polar surface area (TPSA) is 87.4 Å². The first-order valence-electron chi connectivity index (χ1n) is 15.6. The summed E-state index contributed by atoms with van der Waals surface area (Å²) in [5.41, 5.74) is 2.46. The summed E-state index contributed by atoms with van der Waals surface area (Å²) >= 11 is 0. The second-order valence-electron chi connectivity index (χ2n) is 12.5. The summed E-state index contributed by atoms with van der Waals surface area (Å²) in [4.78, 5) is 38.2. The second kappa shape index (κ2) is 12.9. The number of carbonyl (C=O) groups excluding carboxylic acids is 1.